The molecular weight excluding hydrogens is 303 g/mol. The molecule has 0 saturated carbocycles. The molecule has 0 bridgehead atoms. The molecule has 0 spiro atoms. The van der Waals surface area contributed by atoms with Gasteiger partial charge in [-0.15, -0.1) is 0 Å². The van der Waals surface area contributed by atoms with Crippen LogP contribution >= 0.6 is 34.9 Å². The number of fused-ring (bicyclic) bond motifs is 1. The Morgan fingerprint density at radius 1 is 1.37 bits per heavy atom. The van der Waals surface area contributed by atoms with Crippen LogP contribution in [0.5, 0.6) is 0 Å². The first kappa shape index (κ1) is 13.4. The minimum Gasteiger partial charge on any atom is -0.367 e. The summed E-state index contributed by atoms with van der Waals surface area (Å²) >= 11 is 13.7. The van der Waals surface area contributed by atoms with Crippen molar-refractivity contribution in [2.24, 2.45) is 0 Å². The molecule has 0 radical (unpaired) electrons. The van der Waals surface area contributed by atoms with Gasteiger partial charge in [-0.2, -0.15) is 8.75 Å². The smallest absolute Gasteiger partial charge is 0.131 e. The van der Waals surface area contributed by atoms with Crippen LogP contribution in [-0.2, 0) is 0 Å². The Bertz CT molecular complexity index is 601. The third-order valence-electron chi connectivity index (χ3n) is 3.42. The predicted octanol–water partition coefficient (Wildman–Crippen LogP) is 3.19. The van der Waals surface area contributed by atoms with E-state index in [0.717, 1.165) is 42.8 Å². The average Bonchev–Trinajstić information content (AvgIpc) is 2.99. The number of hydrogen-bond donors (Lipinski definition) is 1. The number of nitrogens with zero attached hydrogens (tertiary/aromatic N) is 3. The van der Waals surface area contributed by atoms with E-state index in [4.69, 9.17) is 23.2 Å². The summed E-state index contributed by atoms with van der Waals surface area (Å²) < 4.78 is 8.60. The van der Waals surface area contributed by atoms with Crippen LogP contribution in [0.15, 0.2) is 6.07 Å². The Morgan fingerprint density at radius 3 is 2.95 bits per heavy atom. The number of rotatable bonds is 3. The number of anilines is 1. The van der Waals surface area contributed by atoms with Crippen LogP contribution in [0.4, 0.5) is 5.69 Å². The maximum atomic E-state index is 6.36. The lowest BCUT2D eigenvalue weighted by Crippen LogP contribution is -2.32. The van der Waals surface area contributed by atoms with E-state index in [2.05, 4.69) is 25.9 Å². The molecule has 2 heterocycles. The molecule has 1 aliphatic heterocycles. The molecule has 1 aromatic heterocycles. The van der Waals surface area contributed by atoms with Crippen LogP contribution in [-0.4, -0.2) is 34.4 Å². The summed E-state index contributed by atoms with van der Waals surface area (Å²) in [7, 11) is 0. The predicted molar refractivity (Wildman–Crippen MR) is 81.7 cm³/mol. The third-order valence-corrected chi connectivity index (χ3v) is 4.52. The van der Waals surface area contributed by atoms with Crippen LogP contribution in [0.1, 0.15) is 13.3 Å². The van der Waals surface area contributed by atoms with Gasteiger partial charge in [-0.25, -0.2) is 0 Å². The molecule has 4 nitrogen and oxygen atoms in total. The lowest BCUT2D eigenvalue weighted by Gasteiger charge is -2.20. The van der Waals surface area contributed by atoms with Gasteiger partial charge in [0, 0.05) is 19.1 Å². The highest BCUT2D eigenvalue weighted by atomic mass is 35.5. The quantitative estimate of drug-likeness (QED) is 0.944. The Hall–Kier alpha value is -0.620. The van der Waals surface area contributed by atoms with Crippen LogP contribution in [0, 0.1) is 0 Å². The van der Waals surface area contributed by atoms with Crippen molar-refractivity contribution in [3.63, 3.8) is 0 Å². The number of likely N-dealkylation sites (N-methyl/N-ethyl adjacent to an activating group) is 1. The van der Waals surface area contributed by atoms with E-state index >= 15 is 0 Å². The first-order valence-corrected chi connectivity index (χ1v) is 7.78. The van der Waals surface area contributed by atoms with Gasteiger partial charge in [0.05, 0.1) is 27.5 Å². The van der Waals surface area contributed by atoms with E-state index in [1.165, 1.54) is 11.7 Å². The van der Waals surface area contributed by atoms with E-state index < -0.39 is 0 Å². The molecule has 3 rings (SSSR count). The van der Waals surface area contributed by atoms with Crippen LogP contribution < -0.4 is 10.2 Å². The Balaban J connectivity index is 1.99. The van der Waals surface area contributed by atoms with Gasteiger partial charge in [-0.3, -0.25) is 0 Å². The molecule has 1 N–H and O–H groups in total. The van der Waals surface area contributed by atoms with Crippen LogP contribution in [0.25, 0.3) is 11.0 Å². The Morgan fingerprint density at radius 2 is 2.16 bits per heavy atom. The van der Waals surface area contributed by atoms with Crippen molar-refractivity contribution in [1.29, 1.82) is 0 Å². The average molecular weight is 317 g/mol. The van der Waals surface area contributed by atoms with Crippen molar-refractivity contribution in [2.45, 2.75) is 19.4 Å². The summed E-state index contributed by atoms with van der Waals surface area (Å²) in [6, 6.07) is 2.28. The fourth-order valence-electron chi connectivity index (χ4n) is 2.58. The third kappa shape index (κ3) is 2.40. The normalized spacial score (nSPS) is 19.5. The fourth-order valence-corrected chi connectivity index (χ4v) is 3.81. The summed E-state index contributed by atoms with van der Waals surface area (Å²) in [5, 5.41) is 4.70. The summed E-state index contributed by atoms with van der Waals surface area (Å²) in [5.41, 5.74) is 2.54. The summed E-state index contributed by atoms with van der Waals surface area (Å²) in [5.74, 6) is 0. The second kappa shape index (κ2) is 5.40. The zero-order chi connectivity index (χ0) is 13.4. The molecule has 0 amide bonds. The zero-order valence-corrected chi connectivity index (χ0v) is 12.8. The fraction of sp³-hybridized carbons (Fsp3) is 0.500. The van der Waals surface area contributed by atoms with Crippen molar-refractivity contribution in [3.05, 3.63) is 16.1 Å². The van der Waals surface area contributed by atoms with Gasteiger partial charge in [0.15, 0.2) is 0 Å². The van der Waals surface area contributed by atoms with Gasteiger partial charge in [-0.1, -0.05) is 30.1 Å². The van der Waals surface area contributed by atoms with Gasteiger partial charge in [0.25, 0.3) is 0 Å². The van der Waals surface area contributed by atoms with Gasteiger partial charge < -0.3 is 10.2 Å². The molecule has 2 aromatic rings. The first-order valence-electron chi connectivity index (χ1n) is 6.29. The topological polar surface area (TPSA) is 41.0 Å². The second-order valence-electron chi connectivity index (χ2n) is 4.64. The second-order valence-corrected chi connectivity index (χ2v) is 5.98. The van der Waals surface area contributed by atoms with Gasteiger partial charge >= 0.3 is 0 Å². The molecule has 1 aliphatic rings. The van der Waals surface area contributed by atoms with E-state index in [0.29, 0.717) is 16.1 Å². The van der Waals surface area contributed by atoms with Crippen LogP contribution in [0.2, 0.25) is 10.0 Å². The number of benzene rings is 1. The molecule has 0 aliphatic carbocycles. The first-order chi connectivity index (χ1) is 9.20. The van der Waals surface area contributed by atoms with E-state index in [-0.39, 0.29) is 0 Å². The van der Waals surface area contributed by atoms with E-state index in [1.807, 2.05) is 0 Å². The minimum absolute atomic E-state index is 0.512. The van der Waals surface area contributed by atoms with Crippen molar-refractivity contribution < 1.29 is 0 Å². The lowest BCUT2D eigenvalue weighted by molar-refractivity contribution is 0.572. The highest BCUT2D eigenvalue weighted by Gasteiger charge is 2.26. The highest BCUT2D eigenvalue weighted by molar-refractivity contribution is 7.00. The molecule has 19 heavy (non-hydrogen) atoms. The molecule has 102 valence electrons. The van der Waals surface area contributed by atoms with Crippen molar-refractivity contribution in [3.8, 4) is 0 Å². The van der Waals surface area contributed by atoms with Gasteiger partial charge in [0.2, 0.25) is 0 Å². The molecule has 1 fully saturated rings. The zero-order valence-electron chi connectivity index (χ0n) is 10.5. The maximum Gasteiger partial charge on any atom is 0.131 e. The lowest BCUT2D eigenvalue weighted by atomic mass is 10.2. The molecule has 1 saturated heterocycles. The number of nitrogens with one attached hydrogen (secondary N) is 1. The maximum absolute atomic E-state index is 6.36. The molecule has 1 aromatic carbocycles. The molecule has 1 unspecified atom stereocenters. The number of aromatic nitrogens is 2. The van der Waals surface area contributed by atoms with Gasteiger partial charge in [0.1, 0.15) is 11.0 Å². The minimum atomic E-state index is 0.512. The SMILES string of the molecule is CCNC1CCN(c2c(Cl)cc(Cl)c3nsnc23)C1. The largest absolute Gasteiger partial charge is 0.367 e. The van der Waals surface area contributed by atoms with E-state index in [9.17, 15) is 0 Å². The van der Waals surface area contributed by atoms with Crippen LogP contribution in [0.3, 0.4) is 0 Å². The molecule has 7 heteroatoms. The highest BCUT2D eigenvalue weighted by Crippen LogP contribution is 2.38. The van der Waals surface area contributed by atoms with Crippen molar-refractivity contribution >= 4 is 51.7 Å². The number of hydrogen-bond acceptors (Lipinski definition) is 5. The molecular formula is C12H14Cl2N4S. The summed E-state index contributed by atoms with van der Waals surface area (Å²) in [6.07, 6.45) is 1.12. The van der Waals surface area contributed by atoms with Crippen molar-refractivity contribution in [1.82, 2.24) is 14.1 Å². The molecule has 1 atom stereocenters. The Labute approximate surface area is 126 Å². The standard InChI is InChI=1S/C12H14Cl2N4S/c1-2-15-7-3-4-18(6-7)12-9(14)5-8(13)10-11(12)17-19-16-10/h5,7,15H,2-4,6H2,1H3. The summed E-state index contributed by atoms with van der Waals surface area (Å²) in [6.45, 7) is 5.04. The van der Waals surface area contributed by atoms with Gasteiger partial charge in [-0.05, 0) is 19.0 Å². The monoisotopic (exact) mass is 316 g/mol. The summed E-state index contributed by atoms with van der Waals surface area (Å²) in [4.78, 5) is 2.27. The number of halogens is 2. The van der Waals surface area contributed by atoms with Crippen molar-refractivity contribution in [2.75, 3.05) is 24.5 Å². The Kier molecular flexibility index (Phi) is 3.80. The van der Waals surface area contributed by atoms with E-state index in [1.54, 1.807) is 6.07 Å².